The van der Waals surface area contributed by atoms with E-state index in [0.29, 0.717) is 19.6 Å². The van der Waals surface area contributed by atoms with Crippen LogP contribution in [0.4, 0.5) is 11.6 Å². The van der Waals surface area contributed by atoms with Crippen molar-refractivity contribution in [2.45, 2.75) is 71.7 Å². The highest BCUT2D eigenvalue weighted by atomic mass is 35.5. The summed E-state index contributed by atoms with van der Waals surface area (Å²) in [6, 6.07) is 12.5. The van der Waals surface area contributed by atoms with Crippen LogP contribution in [0.25, 0.3) is 10.8 Å². The van der Waals surface area contributed by atoms with Crippen molar-refractivity contribution in [1.82, 2.24) is 20.6 Å². The second-order valence-corrected chi connectivity index (χ2v) is 11.0. The zero-order valence-electron chi connectivity index (χ0n) is 25.7. The standard InChI is InChI=1S/C31H45ClN8O5.CH4/c1-20(41)45-19-24(42)8-3-4-13-36-14-6-16-44-25-12-11-22-17-21(9-10-23(22)18-25)7-2-5-15-37-31(35)40-30(43)26-28(33)39-29(34)27(32)38-26;/h9-12,17-18,20,24,36,41-42H,2-8,13-16,19H2,1H3,(H4,33,34,39)(H3,35,37,40,43);1H4. The lowest BCUT2D eigenvalue weighted by atomic mass is 10.0. The van der Waals surface area contributed by atoms with Crippen LogP contribution in [0.2, 0.25) is 5.15 Å². The topological polar surface area (TPSA) is 216 Å². The zero-order valence-corrected chi connectivity index (χ0v) is 26.4. The predicted molar refractivity (Wildman–Crippen MR) is 184 cm³/mol. The number of hydrogen-bond donors (Lipinski definition) is 7. The van der Waals surface area contributed by atoms with Gasteiger partial charge in [-0.05, 0) is 93.4 Å². The van der Waals surface area contributed by atoms with Crippen molar-refractivity contribution in [3.8, 4) is 5.75 Å². The van der Waals surface area contributed by atoms with Crippen LogP contribution >= 0.6 is 11.6 Å². The number of nitrogens with zero attached hydrogens (tertiary/aromatic N) is 3. The number of halogens is 1. The van der Waals surface area contributed by atoms with E-state index in [9.17, 15) is 9.90 Å². The molecule has 3 aromatic rings. The molecule has 0 fully saturated rings. The molecule has 1 heterocycles. The number of hydrogen-bond acceptors (Lipinski definition) is 11. The van der Waals surface area contributed by atoms with Crippen molar-refractivity contribution in [3.63, 3.8) is 0 Å². The molecule has 2 atom stereocenters. The van der Waals surface area contributed by atoms with Gasteiger partial charge in [-0.15, -0.1) is 0 Å². The van der Waals surface area contributed by atoms with Crippen LogP contribution < -0.4 is 32.6 Å². The summed E-state index contributed by atoms with van der Waals surface area (Å²) in [5.41, 5.74) is 18.1. The summed E-state index contributed by atoms with van der Waals surface area (Å²) in [4.78, 5) is 24.1. The third kappa shape index (κ3) is 13.7. The SMILES string of the molecule is C.CC(O)OCC(O)CCCCNCCCOc1ccc2cc(CCCCN=C(N)NC(=O)c3nc(Cl)c(N)nc3N)ccc2c1. The lowest BCUT2D eigenvalue weighted by molar-refractivity contribution is -0.110. The molecule has 0 saturated carbocycles. The second kappa shape index (κ2) is 20.4. The van der Waals surface area contributed by atoms with E-state index in [0.717, 1.165) is 68.1 Å². The maximum Gasteiger partial charge on any atom is 0.280 e. The van der Waals surface area contributed by atoms with Gasteiger partial charge in [-0.1, -0.05) is 43.3 Å². The van der Waals surface area contributed by atoms with Crippen LogP contribution in [0, 0.1) is 0 Å². The molecule has 2 unspecified atom stereocenters. The monoisotopic (exact) mass is 660 g/mol. The number of nitrogen functional groups attached to an aromatic ring is 2. The molecule has 254 valence electrons. The highest BCUT2D eigenvalue weighted by Gasteiger charge is 2.16. The Bertz CT molecular complexity index is 1410. The van der Waals surface area contributed by atoms with E-state index in [4.69, 9.17) is 43.4 Å². The number of aromatic nitrogens is 2. The van der Waals surface area contributed by atoms with Crippen LogP contribution in [0.1, 0.15) is 68.9 Å². The Morgan fingerprint density at radius 3 is 2.52 bits per heavy atom. The molecule has 1 aromatic heterocycles. The van der Waals surface area contributed by atoms with Gasteiger partial charge in [0.15, 0.2) is 34.7 Å². The summed E-state index contributed by atoms with van der Waals surface area (Å²) in [6.07, 6.45) is 4.60. The number of nitrogens with one attached hydrogen (secondary N) is 2. The quantitative estimate of drug-likeness (QED) is 0.0428. The number of benzene rings is 2. The van der Waals surface area contributed by atoms with Crippen molar-refractivity contribution in [1.29, 1.82) is 0 Å². The lowest BCUT2D eigenvalue weighted by Gasteiger charge is -2.12. The molecule has 46 heavy (non-hydrogen) atoms. The summed E-state index contributed by atoms with van der Waals surface area (Å²) in [5.74, 6) is -0.0694. The molecule has 0 aliphatic carbocycles. The van der Waals surface area contributed by atoms with E-state index in [2.05, 4.69) is 55.9 Å². The minimum atomic E-state index is -0.848. The van der Waals surface area contributed by atoms with Crippen molar-refractivity contribution >= 4 is 45.9 Å². The van der Waals surface area contributed by atoms with E-state index < -0.39 is 18.3 Å². The minimum Gasteiger partial charge on any atom is -0.494 e. The number of amides is 1. The summed E-state index contributed by atoms with van der Waals surface area (Å²) < 4.78 is 10.9. The molecule has 14 heteroatoms. The van der Waals surface area contributed by atoms with Gasteiger partial charge >= 0.3 is 0 Å². The predicted octanol–water partition coefficient (Wildman–Crippen LogP) is 3.40. The third-order valence-corrected chi connectivity index (χ3v) is 7.11. The van der Waals surface area contributed by atoms with Crippen LogP contribution in [-0.4, -0.2) is 77.3 Å². The van der Waals surface area contributed by atoms with E-state index in [-0.39, 0.29) is 42.5 Å². The number of nitrogens with two attached hydrogens (primary N) is 3. The first-order valence-corrected chi connectivity index (χ1v) is 15.5. The normalized spacial score (nSPS) is 12.8. The van der Waals surface area contributed by atoms with Gasteiger partial charge in [0.05, 0.1) is 19.3 Å². The molecule has 0 spiro atoms. The Labute approximate surface area is 275 Å². The number of guanidine groups is 1. The van der Waals surface area contributed by atoms with Crippen LogP contribution in [0.5, 0.6) is 5.75 Å². The van der Waals surface area contributed by atoms with Crippen molar-refractivity contribution in [2.75, 3.05) is 44.3 Å². The van der Waals surface area contributed by atoms with E-state index in [1.54, 1.807) is 0 Å². The van der Waals surface area contributed by atoms with Gasteiger partial charge in [0.2, 0.25) is 0 Å². The highest BCUT2D eigenvalue weighted by molar-refractivity contribution is 6.31. The lowest BCUT2D eigenvalue weighted by Crippen LogP contribution is -2.38. The maximum absolute atomic E-state index is 12.3. The number of aliphatic hydroxyl groups excluding tert-OH is 2. The van der Waals surface area contributed by atoms with Gasteiger partial charge in [-0.2, -0.15) is 0 Å². The fourth-order valence-corrected chi connectivity index (χ4v) is 4.59. The molecular weight excluding hydrogens is 612 g/mol. The Morgan fingerprint density at radius 2 is 1.74 bits per heavy atom. The van der Waals surface area contributed by atoms with E-state index in [1.807, 2.05) is 6.07 Å². The minimum absolute atomic E-state index is 0. The molecule has 0 saturated heterocycles. The number of carbonyl (C=O) groups excluding carboxylic acids is 1. The summed E-state index contributed by atoms with van der Waals surface area (Å²) >= 11 is 5.82. The number of ether oxygens (including phenoxy) is 2. The first-order valence-electron chi connectivity index (χ1n) is 15.2. The maximum atomic E-state index is 12.3. The number of fused-ring (bicyclic) bond motifs is 1. The number of unbranched alkanes of at least 4 members (excludes halogenated alkanes) is 2. The summed E-state index contributed by atoms with van der Waals surface area (Å²) in [7, 11) is 0. The number of aliphatic imine (C=N–C) groups is 1. The third-order valence-electron chi connectivity index (χ3n) is 6.83. The number of carbonyl (C=O) groups is 1. The van der Waals surface area contributed by atoms with Crippen molar-refractivity contribution in [3.05, 3.63) is 52.8 Å². The fourth-order valence-electron chi connectivity index (χ4n) is 4.46. The van der Waals surface area contributed by atoms with Gasteiger partial charge in [-0.3, -0.25) is 15.1 Å². The Morgan fingerprint density at radius 1 is 1.00 bits per heavy atom. The number of rotatable bonds is 19. The summed E-state index contributed by atoms with van der Waals surface area (Å²) in [6.45, 7) is 4.51. The number of aliphatic hydroxyl groups is 2. The van der Waals surface area contributed by atoms with E-state index in [1.165, 1.54) is 12.5 Å². The summed E-state index contributed by atoms with van der Waals surface area (Å²) in [5, 5.41) is 26.8. The molecular formula is C32H49ClN8O5. The van der Waals surface area contributed by atoms with Crippen LogP contribution in [-0.2, 0) is 11.2 Å². The zero-order chi connectivity index (χ0) is 32.6. The van der Waals surface area contributed by atoms with Gasteiger partial charge in [-0.25, -0.2) is 9.97 Å². The molecule has 0 aliphatic heterocycles. The number of anilines is 2. The molecule has 1 amide bonds. The van der Waals surface area contributed by atoms with Crippen molar-refractivity contribution in [2.24, 2.45) is 10.7 Å². The molecule has 13 nitrogen and oxygen atoms in total. The molecule has 2 aromatic carbocycles. The first kappa shape index (κ1) is 38.4. The van der Waals surface area contributed by atoms with E-state index >= 15 is 0 Å². The smallest absolute Gasteiger partial charge is 0.280 e. The van der Waals surface area contributed by atoms with Gasteiger partial charge < -0.3 is 42.2 Å². The Balaban J connectivity index is 0.00000736. The largest absolute Gasteiger partial charge is 0.494 e. The molecule has 0 aliphatic rings. The molecule has 10 N–H and O–H groups in total. The fraction of sp³-hybridized carbons (Fsp3) is 0.500. The van der Waals surface area contributed by atoms with Gasteiger partial charge in [0.25, 0.3) is 5.91 Å². The Hall–Kier alpha value is -3.75. The second-order valence-electron chi connectivity index (χ2n) is 10.7. The van der Waals surface area contributed by atoms with Crippen molar-refractivity contribution < 1.29 is 24.5 Å². The molecule has 0 bridgehead atoms. The number of aryl methyl sites for hydroxylation is 1. The van der Waals surface area contributed by atoms with Gasteiger partial charge in [0, 0.05) is 6.54 Å². The first-order chi connectivity index (χ1) is 21.6. The molecule has 3 rings (SSSR count). The average Bonchev–Trinajstić information content (AvgIpc) is 3.00. The van der Waals surface area contributed by atoms with Crippen LogP contribution in [0.3, 0.4) is 0 Å². The van der Waals surface area contributed by atoms with Gasteiger partial charge in [0.1, 0.15) is 5.75 Å². The van der Waals surface area contributed by atoms with Crippen LogP contribution in [0.15, 0.2) is 41.4 Å². The Kier molecular flexibility index (Phi) is 17.0. The molecule has 0 radical (unpaired) electrons. The highest BCUT2D eigenvalue weighted by Crippen LogP contribution is 2.23. The average molecular weight is 661 g/mol.